The molecule has 0 aliphatic carbocycles. The molecule has 1 heterocycles. The summed E-state index contributed by atoms with van der Waals surface area (Å²) in [5.74, 6) is 0.0103. The fraction of sp³-hybridized carbons (Fsp3) is 0.250. The molecule has 0 fully saturated rings. The van der Waals surface area contributed by atoms with Crippen molar-refractivity contribution in [2.24, 2.45) is 0 Å². The normalized spacial score (nSPS) is 20.8. The lowest BCUT2D eigenvalue weighted by Gasteiger charge is -2.07. The van der Waals surface area contributed by atoms with Crippen LogP contribution < -0.4 is 5.32 Å². The molecule has 0 radical (unpaired) electrons. The third-order valence-corrected chi connectivity index (χ3v) is 5.03. The monoisotopic (exact) mass is 283 g/mol. The number of hydrogen-bond donors (Lipinski definition) is 1. The van der Waals surface area contributed by atoms with Crippen LogP contribution in [0.25, 0.3) is 0 Å². The maximum absolute atomic E-state index is 11.6. The molecule has 1 aliphatic rings. The van der Waals surface area contributed by atoms with Crippen molar-refractivity contribution < 1.29 is 13.2 Å². The van der Waals surface area contributed by atoms with Crippen molar-refractivity contribution in [2.45, 2.75) is 11.8 Å². The standard InChI is InChI=1S/C12H13NO3S2/c14-12(13-8-10-4-2-1-3-5-10)17-11-6-7-18(15,16)9-11/h1-7,11H,8-9H2,(H,13,14)/t11-/m1/s1. The third-order valence-electron chi connectivity index (χ3n) is 2.44. The summed E-state index contributed by atoms with van der Waals surface area (Å²) in [4.78, 5) is 11.6. The molecule has 0 spiro atoms. The van der Waals surface area contributed by atoms with Crippen LogP contribution in [0.3, 0.4) is 0 Å². The van der Waals surface area contributed by atoms with Crippen molar-refractivity contribution in [1.29, 1.82) is 0 Å². The first-order valence-electron chi connectivity index (χ1n) is 5.44. The second kappa shape index (κ2) is 5.58. The number of benzene rings is 1. The number of sulfone groups is 1. The van der Waals surface area contributed by atoms with E-state index in [4.69, 9.17) is 0 Å². The van der Waals surface area contributed by atoms with E-state index in [0.717, 1.165) is 17.3 Å². The van der Waals surface area contributed by atoms with E-state index in [0.29, 0.717) is 6.54 Å². The van der Waals surface area contributed by atoms with E-state index in [-0.39, 0.29) is 16.2 Å². The van der Waals surface area contributed by atoms with Crippen LogP contribution in [0.5, 0.6) is 0 Å². The van der Waals surface area contributed by atoms with Crippen molar-refractivity contribution in [2.75, 3.05) is 5.75 Å². The van der Waals surface area contributed by atoms with Gasteiger partial charge in [0.05, 0.1) is 5.75 Å². The largest absolute Gasteiger partial charge is 0.343 e. The summed E-state index contributed by atoms with van der Waals surface area (Å²) in [5, 5.41) is 3.45. The van der Waals surface area contributed by atoms with Crippen molar-refractivity contribution in [1.82, 2.24) is 5.32 Å². The summed E-state index contributed by atoms with van der Waals surface area (Å²) >= 11 is 1.01. The molecule has 18 heavy (non-hydrogen) atoms. The molecule has 1 N–H and O–H groups in total. The molecule has 0 bridgehead atoms. The molecule has 0 saturated heterocycles. The summed E-state index contributed by atoms with van der Waals surface area (Å²) in [7, 11) is -3.09. The van der Waals surface area contributed by atoms with Crippen LogP contribution in [0, 0.1) is 0 Å². The molecule has 6 heteroatoms. The Hall–Kier alpha value is -1.27. The SMILES string of the molecule is O=C(NCc1ccccc1)S[C@@H]1C=CS(=O)(=O)C1. The van der Waals surface area contributed by atoms with Gasteiger partial charge >= 0.3 is 0 Å². The van der Waals surface area contributed by atoms with Crippen molar-refractivity contribution in [3.63, 3.8) is 0 Å². The van der Waals surface area contributed by atoms with Gasteiger partial charge in [0.1, 0.15) is 0 Å². The van der Waals surface area contributed by atoms with Gasteiger partial charge in [-0.15, -0.1) is 0 Å². The van der Waals surface area contributed by atoms with Crippen molar-refractivity contribution >= 4 is 26.8 Å². The highest BCUT2D eigenvalue weighted by molar-refractivity contribution is 8.15. The number of hydrogen-bond acceptors (Lipinski definition) is 4. The first-order chi connectivity index (χ1) is 8.55. The van der Waals surface area contributed by atoms with Crippen LogP contribution >= 0.6 is 11.8 Å². The zero-order valence-electron chi connectivity index (χ0n) is 9.57. The zero-order valence-corrected chi connectivity index (χ0v) is 11.2. The van der Waals surface area contributed by atoms with Gasteiger partial charge in [0, 0.05) is 17.2 Å². The van der Waals surface area contributed by atoms with Gasteiger partial charge in [-0.25, -0.2) is 8.42 Å². The molecule has 1 amide bonds. The first kappa shape index (κ1) is 13.2. The molecule has 0 saturated carbocycles. The predicted octanol–water partition coefficient (Wildman–Crippen LogP) is 1.94. The number of carbonyl (C=O) groups is 1. The highest BCUT2D eigenvalue weighted by Crippen LogP contribution is 2.21. The Morgan fingerprint density at radius 3 is 2.67 bits per heavy atom. The molecule has 96 valence electrons. The lowest BCUT2D eigenvalue weighted by Crippen LogP contribution is -2.21. The summed E-state index contributed by atoms with van der Waals surface area (Å²) in [6, 6.07) is 9.56. The summed E-state index contributed by atoms with van der Waals surface area (Å²) in [6.45, 7) is 0.454. The lowest BCUT2D eigenvalue weighted by atomic mass is 10.2. The molecule has 4 nitrogen and oxygen atoms in total. The molecular formula is C12H13NO3S2. The fourth-order valence-electron chi connectivity index (χ4n) is 1.57. The maximum Gasteiger partial charge on any atom is 0.279 e. The van der Waals surface area contributed by atoms with Crippen LogP contribution in [0.4, 0.5) is 4.79 Å². The maximum atomic E-state index is 11.6. The van der Waals surface area contributed by atoms with Crippen LogP contribution in [0.15, 0.2) is 41.8 Å². The Bertz CT molecular complexity index is 552. The minimum Gasteiger partial charge on any atom is -0.343 e. The second-order valence-electron chi connectivity index (χ2n) is 3.94. The van der Waals surface area contributed by atoms with Crippen LogP contribution in [-0.2, 0) is 16.4 Å². The molecular weight excluding hydrogens is 270 g/mol. The number of nitrogens with one attached hydrogen (secondary N) is 1. The van der Waals surface area contributed by atoms with E-state index in [1.54, 1.807) is 6.08 Å². The molecule has 1 aliphatic heterocycles. The molecule has 2 rings (SSSR count). The second-order valence-corrected chi connectivity index (χ2v) is 7.08. The highest BCUT2D eigenvalue weighted by atomic mass is 32.2. The average Bonchev–Trinajstić information content (AvgIpc) is 2.67. The first-order valence-corrected chi connectivity index (χ1v) is 8.04. The molecule has 1 atom stereocenters. The van der Waals surface area contributed by atoms with E-state index in [1.165, 1.54) is 5.41 Å². The van der Waals surface area contributed by atoms with E-state index in [9.17, 15) is 13.2 Å². The average molecular weight is 283 g/mol. The Labute approximate surface area is 110 Å². The van der Waals surface area contributed by atoms with Gasteiger partial charge in [0.25, 0.3) is 5.24 Å². The number of amides is 1. The Morgan fingerprint density at radius 2 is 2.06 bits per heavy atom. The van der Waals surface area contributed by atoms with Crippen LogP contribution in [0.1, 0.15) is 5.56 Å². The third kappa shape index (κ3) is 3.89. The van der Waals surface area contributed by atoms with Gasteiger partial charge in [0.15, 0.2) is 9.84 Å². The van der Waals surface area contributed by atoms with Gasteiger partial charge in [0.2, 0.25) is 0 Å². The van der Waals surface area contributed by atoms with Gasteiger partial charge in [-0.1, -0.05) is 48.2 Å². The summed E-state index contributed by atoms with van der Waals surface area (Å²) in [6.07, 6.45) is 1.56. The van der Waals surface area contributed by atoms with Crippen LogP contribution in [-0.4, -0.2) is 24.7 Å². The van der Waals surface area contributed by atoms with Gasteiger partial charge in [-0.05, 0) is 5.56 Å². The van der Waals surface area contributed by atoms with Crippen molar-refractivity contribution in [3.8, 4) is 0 Å². The predicted molar refractivity (Wildman–Crippen MR) is 73.0 cm³/mol. The topological polar surface area (TPSA) is 63.2 Å². The van der Waals surface area contributed by atoms with Gasteiger partial charge < -0.3 is 5.32 Å². The van der Waals surface area contributed by atoms with Gasteiger partial charge in [-0.3, -0.25) is 4.79 Å². The molecule has 0 unspecified atom stereocenters. The Balaban J connectivity index is 1.79. The van der Waals surface area contributed by atoms with E-state index in [2.05, 4.69) is 5.32 Å². The number of thioether (sulfide) groups is 1. The molecule has 1 aromatic rings. The minimum absolute atomic E-state index is 0.0103. The molecule has 1 aromatic carbocycles. The Morgan fingerprint density at radius 1 is 1.33 bits per heavy atom. The smallest absolute Gasteiger partial charge is 0.279 e. The fourth-order valence-corrected chi connectivity index (χ4v) is 4.21. The number of carbonyl (C=O) groups excluding carboxylic acids is 1. The van der Waals surface area contributed by atoms with E-state index in [1.807, 2.05) is 30.3 Å². The van der Waals surface area contributed by atoms with E-state index >= 15 is 0 Å². The lowest BCUT2D eigenvalue weighted by molar-refractivity contribution is 0.260. The highest BCUT2D eigenvalue weighted by Gasteiger charge is 2.24. The van der Waals surface area contributed by atoms with E-state index < -0.39 is 9.84 Å². The number of rotatable bonds is 3. The zero-order chi connectivity index (χ0) is 13.0. The quantitative estimate of drug-likeness (QED) is 0.921. The summed E-state index contributed by atoms with van der Waals surface area (Å²) in [5.41, 5.74) is 1.01. The summed E-state index contributed by atoms with van der Waals surface area (Å²) < 4.78 is 22.3. The minimum atomic E-state index is -3.09. The molecule has 0 aromatic heterocycles. The van der Waals surface area contributed by atoms with Gasteiger partial charge in [-0.2, -0.15) is 0 Å². The Kier molecular flexibility index (Phi) is 4.08. The van der Waals surface area contributed by atoms with Crippen LogP contribution in [0.2, 0.25) is 0 Å². The van der Waals surface area contributed by atoms with Crippen molar-refractivity contribution in [3.05, 3.63) is 47.4 Å².